The van der Waals surface area contributed by atoms with Gasteiger partial charge in [-0.05, 0) is 44.4 Å². The van der Waals surface area contributed by atoms with Gasteiger partial charge in [-0.15, -0.1) is 0 Å². The zero-order valence-corrected chi connectivity index (χ0v) is 15.4. The Morgan fingerprint density at radius 1 is 1.46 bits per heavy atom. The quantitative estimate of drug-likeness (QED) is 0.807. The van der Waals surface area contributed by atoms with E-state index in [1.807, 2.05) is 19.2 Å². The predicted octanol–water partition coefficient (Wildman–Crippen LogP) is 1.88. The Bertz CT molecular complexity index is 684. The van der Waals surface area contributed by atoms with E-state index in [9.17, 15) is 8.42 Å². The number of pyridine rings is 1. The Balaban J connectivity index is 1.56. The Hall–Kier alpha value is -1.02. The van der Waals surface area contributed by atoms with Crippen LogP contribution in [0, 0.1) is 6.92 Å². The summed E-state index contributed by atoms with van der Waals surface area (Å²) in [5.74, 6) is 0. The smallest absolute Gasteiger partial charge is 0.216 e. The molecule has 0 aliphatic carbocycles. The van der Waals surface area contributed by atoms with Crippen LogP contribution in [0.15, 0.2) is 18.5 Å². The first-order valence-electron chi connectivity index (χ1n) is 8.46. The van der Waals surface area contributed by atoms with Crippen molar-refractivity contribution in [3.63, 3.8) is 0 Å². The van der Waals surface area contributed by atoms with Crippen molar-refractivity contribution in [2.24, 2.45) is 0 Å². The maximum absolute atomic E-state index is 12.2. The van der Waals surface area contributed by atoms with Gasteiger partial charge in [-0.2, -0.15) is 4.31 Å². The molecule has 24 heavy (non-hydrogen) atoms. The standard InChI is InChI=1S/C17H26N2O4S/c1-13(2)24(20,21)19-11-17(12-19)8-16(5-7-23-17)22-10-15-9-18-6-4-14(15)3/h4,6,9,13,16H,5,7-8,10-12H2,1-3H3/t16-/m1/s1. The monoisotopic (exact) mass is 354 g/mol. The average Bonchev–Trinajstić information content (AvgIpc) is 2.52. The Morgan fingerprint density at radius 2 is 2.21 bits per heavy atom. The molecule has 6 nitrogen and oxygen atoms in total. The van der Waals surface area contributed by atoms with Crippen LogP contribution in [-0.2, 0) is 26.1 Å². The highest BCUT2D eigenvalue weighted by Crippen LogP contribution is 2.37. The fourth-order valence-electron chi connectivity index (χ4n) is 3.28. The summed E-state index contributed by atoms with van der Waals surface area (Å²) in [6.07, 6.45) is 5.31. The molecular formula is C17H26N2O4S. The topological polar surface area (TPSA) is 68.7 Å². The van der Waals surface area contributed by atoms with Gasteiger partial charge in [0.1, 0.15) is 0 Å². The van der Waals surface area contributed by atoms with Crippen molar-refractivity contribution >= 4 is 10.0 Å². The van der Waals surface area contributed by atoms with E-state index in [0.29, 0.717) is 26.3 Å². The summed E-state index contributed by atoms with van der Waals surface area (Å²) in [6, 6.07) is 1.98. The number of ether oxygens (including phenoxy) is 2. The Kier molecular flexibility index (Phi) is 4.97. The Morgan fingerprint density at radius 3 is 2.88 bits per heavy atom. The van der Waals surface area contributed by atoms with Gasteiger partial charge in [0.2, 0.25) is 10.0 Å². The minimum atomic E-state index is -3.19. The third-order valence-electron chi connectivity index (χ3n) is 4.95. The number of sulfonamides is 1. The molecule has 0 amide bonds. The molecule has 1 aromatic heterocycles. The van der Waals surface area contributed by atoms with Crippen LogP contribution in [0.1, 0.15) is 37.8 Å². The molecule has 2 aliphatic heterocycles. The van der Waals surface area contributed by atoms with Crippen LogP contribution in [0.25, 0.3) is 0 Å². The highest BCUT2D eigenvalue weighted by Gasteiger charge is 2.52. The van der Waals surface area contributed by atoms with Crippen molar-refractivity contribution in [2.45, 2.75) is 57.2 Å². The van der Waals surface area contributed by atoms with Crippen LogP contribution in [0.3, 0.4) is 0 Å². The molecule has 134 valence electrons. The first kappa shape index (κ1) is 17.8. The molecule has 0 aromatic carbocycles. The van der Waals surface area contributed by atoms with Crippen molar-refractivity contribution in [2.75, 3.05) is 19.7 Å². The highest BCUT2D eigenvalue weighted by molar-refractivity contribution is 7.89. The molecule has 0 N–H and O–H groups in total. The normalized spacial score (nSPS) is 24.2. The van der Waals surface area contributed by atoms with Gasteiger partial charge in [-0.1, -0.05) is 0 Å². The maximum atomic E-state index is 12.2. The lowest BCUT2D eigenvalue weighted by Gasteiger charge is -2.52. The van der Waals surface area contributed by atoms with Crippen molar-refractivity contribution < 1.29 is 17.9 Å². The number of hydrogen-bond donors (Lipinski definition) is 0. The molecule has 7 heteroatoms. The number of rotatable bonds is 5. The first-order valence-corrected chi connectivity index (χ1v) is 9.97. The van der Waals surface area contributed by atoms with E-state index >= 15 is 0 Å². The molecule has 0 radical (unpaired) electrons. The summed E-state index contributed by atoms with van der Waals surface area (Å²) in [5, 5.41) is -0.390. The summed E-state index contributed by atoms with van der Waals surface area (Å²) < 4.78 is 37.9. The van der Waals surface area contributed by atoms with E-state index in [0.717, 1.165) is 18.4 Å². The molecule has 0 unspecified atom stereocenters. The molecule has 0 saturated carbocycles. The molecule has 1 atom stereocenters. The first-order chi connectivity index (χ1) is 11.3. The third kappa shape index (κ3) is 3.49. The van der Waals surface area contributed by atoms with Gasteiger partial charge >= 0.3 is 0 Å². The van der Waals surface area contributed by atoms with Gasteiger partial charge in [0.15, 0.2) is 0 Å². The highest BCUT2D eigenvalue weighted by atomic mass is 32.2. The van der Waals surface area contributed by atoms with Crippen molar-refractivity contribution in [3.05, 3.63) is 29.6 Å². The summed E-state index contributed by atoms with van der Waals surface area (Å²) in [5.41, 5.74) is 1.90. The van der Waals surface area contributed by atoms with E-state index in [1.165, 1.54) is 9.87 Å². The molecule has 1 spiro atoms. The fraction of sp³-hybridized carbons (Fsp3) is 0.706. The van der Waals surface area contributed by atoms with Gasteiger partial charge in [0.05, 0.1) is 23.6 Å². The predicted molar refractivity (Wildman–Crippen MR) is 91.1 cm³/mol. The molecule has 2 saturated heterocycles. The van der Waals surface area contributed by atoms with Gasteiger partial charge in [0, 0.05) is 38.5 Å². The van der Waals surface area contributed by atoms with Crippen LogP contribution in [0.4, 0.5) is 0 Å². The van der Waals surface area contributed by atoms with E-state index < -0.39 is 10.0 Å². The molecule has 3 heterocycles. The van der Waals surface area contributed by atoms with Crippen LogP contribution in [0.5, 0.6) is 0 Å². The van der Waals surface area contributed by atoms with E-state index in [1.54, 1.807) is 20.0 Å². The average molecular weight is 354 g/mol. The summed E-state index contributed by atoms with van der Waals surface area (Å²) >= 11 is 0. The number of nitrogens with zero attached hydrogens (tertiary/aromatic N) is 2. The second-order valence-corrected chi connectivity index (χ2v) is 9.61. The summed E-state index contributed by atoms with van der Waals surface area (Å²) in [4.78, 5) is 4.14. The summed E-state index contributed by atoms with van der Waals surface area (Å²) in [6.45, 7) is 7.51. The lowest BCUT2D eigenvalue weighted by atomic mass is 9.86. The molecule has 2 aliphatic rings. The van der Waals surface area contributed by atoms with Crippen LogP contribution in [0.2, 0.25) is 0 Å². The lowest BCUT2D eigenvalue weighted by Crippen LogP contribution is -2.67. The van der Waals surface area contributed by atoms with E-state index in [-0.39, 0.29) is 17.0 Å². The second kappa shape index (κ2) is 6.71. The van der Waals surface area contributed by atoms with Gasteiger partial charge in [0.25, 0.3) is 0 Å². The van der Waals surface area contributed by atoms with Crippen molar-refractivity contribution in [1.29, 1.82) is 0 Å². The van der Waals surface area contributed by atoms with Gasteiger partial charge in [-0.25, -0.2) is 8.42 Å². The molecule has 2 fully saturated rings. The summed E-state index contributed by atoms with van der Waals surface area (Å²) in [7, 11) is -3.19. The molecular weight excluding hydrogens is 328 g/mol. The SMILES string of the molecule is Cc1ccncc1CO[C@@H]1CCOC2(C1)CN(S(=O)(=O)C(C)C)C2. The fourth-order valence-corrected chi connectivity index (χ4v) is 4.70. The Labute approximate surface area is 144 Å². The molecule has 1 aromatic rings. The van der Waals surface area contributed by atoms with E-state index in [2.05, 4.69) is 4.98 Å². The zero-order chi connectivity index (χ0) is 17.4. The van der Waals surface area contributed by atoms with Crippen molar-refractivity contribution in [1.82, 2.24) is 9.29 Å². The number of aromatic nitrogens is 1. The largest absolute Gasteiger partial charge is 0.373 e. The number of hydrogen-bond acceptors (Lipinski definition) is 5. The van der Waals surface area contributed by atoms with Crippen molar-refractivity contribution in [3.8, 4) is 0 Å². The van der Waals surface area contributed by atoms with Gasteiger partial charge in [-0.3, -0.25) is 4.98 Å². The lowest BCUT2D eigenvalue weighted by molar-refractivity contribution is -0.180. The zero-order valence-electron chi connectivity index (χ0n) is 14.6. The third-order valence-corrected chi connectivity index (χ3v) is 7.12. The van der Waals surface area contributed by atoms with Crippen LogP contribution < -0.4 is 0 Å². The minimum Gasteiger partial charge on any atom is -0.373 e. The van der Waals surface area contributed by atoms with Gasteiger partial charge < -0.3 is 9.47 Å². The maximum Gasteiger partial charge on any atom is 0.216 e. The molecule has 0 bridgehead atoms. The van der Waals surface area contributed by atoms with Crippen LogP contribution in [-0.4, -0.2) is 54.4 Å². The molecule has 3 rings (SSSR count). The van der Waals surface area contributed by atoms with E-state index in [4.69, 9.17) is 9.47 Å². The van der Waals surface area contributed by atoms with Crippen LogP contribution >= 0.6 is 0 Å². The minimum absolute atomic E-state index is 0.0993. The second-order valence-electron chi connectivity index (χ2n) is 7.12. The number of aryl methyl sites for hydroxylation is 1.